The highest BCUT2D eigenvalue weighted by molar-refractivity contribution is 6.07. The average Bonchev–Trinajstić information content (AvgIpc) is 3.07. The molecule has 0 saturated heterocycles. The predicted molar refractivity (Wildman–Crippen MR) is 120 cm³/mol. The smallest absolute Gasteiger partial charge is 0.433 e. The normalized spacial score (nSPS) is 14.2. The second kappa shape index (κ2) is 7.82. The number of benzene rings is 1. The fraction of sp³-hybridized carbons (Fsp3) is 0.250. The van der Waals surface area contributed by atoms with Crippen LogP contribution in [-0.4, -0.2) is 38.8 Å². The zero-order valence-corrected chi connectivity index (χ0v) is 18.6. The molecule has 34 heavy (non-hydrogen) atoms. The summed E-state index contributed by atoms with van der Waals surface area (Å²) >= 11 is 0. The molecule has 0 fully saturated rings. The summed E-state index contributed by atoms with van der Waals surface area (Å²) in [6.07, 6.45) is -2.98. The predicted octanol–water partition coefficient (Wildman–Crippen LogP) is 4.71. The lowest BCUT2D eigenvalue weighted by Gasteiger charge is -2.22. The van der Waals surface area contributed by atoms with Gasteiger partial charge in [-0.05, 0) is 55.3 Å². The first-order chi connectivity index (χ1) is 16.1. The molecular formula is C24H20F3N5O2. The summed E-state index contributed by atoms with van der Waals surface area (Å²) in [5, 5.41) is 4.11. The van der Waals surface area contributed by atoms with E-state index in [0.717, 1.165) is 22.9 Å². The second-order valence-electron chi connectivity index (χ2n) is 8.17. The molecule has 4 aromatic rings. The van der Waals surface area contributed by atoms with E-state index in [0.29, 0.717) is 41.4 Å². The molecule has 0 unspecified atom stereocenters. The number of ether oxygens (including phenoxy) is 1. The number of aryl methyl sites for hydroxylation is 3. The Bertz CT molecular complexity index is 1440. The Hall–Kier alpha value is -3.95. The van der Waals surface area contributed by atoms with Gasteiger partial charge >= 0.3 is 6.18 Å². The van der Waals surface area contributed by atoms with E-state index in [1.807, 2.05) is 25.1 Å². The summed E-state index contributed by atoms with van der Waals surface area (Å²) in [6, 6.07) is 9.78. The summed E-state index contributed by atoms with van der Waals surface area (Å²) in [7, 11) is 1.69. The molecule has 7 nitrogen and oxygen atoms in total. The van der Waals surface area contributed by atoms with E-state index >= 15 is 0 Å². The maximum atomic E-state index is 13.2. The van der Waals surface area contributed by atoms with Crippen LogP contribution >= 0.6 is 0 Å². The van der Waals surface area contributed by atoms with Crippen LogP contribution in [0.3, 0.4) is 0 Å². The van der Waals surface area contributed by atoms with Gasteiger partial charge in [-0.2, -0.15) is 18.3 Å². The lowest BCUT2D eigenvalue weighted by molar-refractivity contribution is -0.141. The molecule has 1 aliphatic rings. The van der Waals surface area contributed by atoms with Crippen LogP contribution in [0.5, 0.6) is 5.75 Å². The molecule has 0 radical (unpaired) electrons. The van der Waals surface area contributed by atoms with Crippen LogP contribution in [0, 0.1) is 13.8 Å². The van der Waals surface area contributed by atoms with Gasteiger partial charge in [-0.1, -0.05) is 6.07 Å². The van der Waals surface area contributed by atoms with Crippen LogP contribution in [0.1, 0.15) is 27.3 Å². The van der Waals surface area contributed by atoms with Crippen molar-refractivity contribution in [1.29, 1.82) is 0 Å². The van der Waals surface area contributed by atoms with Crippen molar-refractivity contribution < 1.29 is 22.7 Å². The van der Waals surface area contributed by atoms with Gasteiger partial charge in [-0.25, -0.2) is 9.97 Å². The first-order valence-electron chi connectivity index (χ1n) is 10.6. The molecule has 3 aromatic heterocycles. The highest BCUT2D eigenvalue weighted by Crippen LogP contribution is 2.33. The van der Waals surface area contributed by atoms with Crippen molar-refractivity contribution in [1.82, 2.24) is 19.7 Å². The van der Waals surface area contributed by atoms with E-state index in [9.17, 15) is 18.0 Å². The third-order valence-corrected chi connectivity index (χ3v) is 5.84. The molecule has 0 aliphatic carbocycles. The highest BCUT2D eigenvalue weighted by Gasteiger charge is 2.33. The zero-order chi connectivity index (χ0) is 24.2. The SMILES string of the molecule is Cc1cc(-c2ccc3nc(C(F)(F)F)cc(C)c3n2)ccc1N1CCOc2cnn(C)c2C1=O. The van der Waals surface area contributed by atoms with Crippen molar-refractivity contribution in [3.05, 3.63) is 65.1 Å². The summed E-state index contributed by atoms with van der Waals surface area (Å²) in [4.78, 5) is 23.2. The van der Waals surface area contributed by atoms with Crippen molar-refractivity contribution >= 4 is 22.6 Å². The van der Waals surface area contributed by atoms with Gasteiger partial charge in [0.2, 0.25) is 0 Å². The van der Waals surface area contributed by atoms with Crippen LogP contribution in [0.25, 0.3) is 22.3 Å². The first-order valence-corrected chi connectivity index (χ1v) is 10.6. The fourth-order valence-electron chi connectivity index (χ4n) is 4.16. The number of fused-ring (bicyclic) bond motifs is 2. The number of amides is 1. The molecule has 0 bridgehead atoms. The molecular weight excluding hydrogens is 447 g/mol. The van der Waals surface area contributed by atoms with Gasteiger partial charge in [0.05, 0.1) is 29.5 Å². The molecule has 10 heteroatoms. The molecule has 0 saturated carbocycles. The number of hydrogen-bond donors (Lipinski definition) is 0. The maximum absolute atomic E-state index is 13.2. The quantitative estimate of drug-likeness (QED) is 0.427. The van der Waals surface area contributed by atoms with Crippen molar-refractivity contribution in [2.75, 3.05) is 18.1 Å². The lowest BCUT2D eigenvalue weighted by Crippen LogP contribution is -2.34. The van der Waals surface area contributed by atoms with Gasteiger partial charge in [0, 0.05) is 18.3 Å². The molecule has 1 amide bonds. The minimum Gasteiger partial charge on any atom is -0.488 e. The van der Waals surface area contributed by atoms with Gasteiger partial charge in [0.25, 0.3) is 5.91 Å². The Morgan fingerprint density at radius 3 is 2.56 bits per heavy atom. The van der Waals surface area contributed by atoms with E-state index in [2.05, 4.69) is 15.1 Å². The Morgan fingerprint density at radius 1 is 1.03 bits per heavy atom. The zero-order valence-electron chi connectivity index (χ0n) is 18.6. The van der Waals surface area contributed by atoms with Crippen molar-refractivity contribution in [3.8, 4) is 17.0 Å². The van der Waals surface area contributed by atoms with Gasteiger partial charge < -0.3 is 9.64 Å². The number of carbonyl (C=O) groups is 1. The Labute approximate surface area is 192 Å². The standard InChI is InChI=1S/C24H20F3N5O2/c1-13-10-15(16-5-6-17-21(30-16)14(2)11-20(29-17)24(25,26)27)4-7-18(13)32-8-9-34-19-12-28-31(3)22(19)23(32)33/h4-7,10-12H,8-9H2,1-3H3. The minimum absolute atomic E-state index is 0.187. The summed E-state index contributed by atoms with van der Waals surface area (Å²) in [5.41, 5.74) is 3.42. The number of halogens is 3. The van der Waals surface area contributed by atoms with Crippen LogP contribution in [0.2, 0.25) is 0 Å². The number of alkyl halides is 3. The van der Waals surface area contributed by atoms with Crippen LogP contribution in [0.4, 0.5) is 18.9 Å². The van der Waals surface area contributed by atoms with Crippen LogP contribution < -0.4 is 9.64 Å². The third kappa shape index (κ3) is 3.64. The average molecular weight is 467 g/mol. The lowest BCUT2D eigenvalue weighted by atomic mass is 10.0. The summed E-state index contributed by atoms with van der Waals surface area (Å²) < 4.78 is 46.4. The van der Waals surface area contributed by atoms with E-state index in [1.54, 1.807) is 31.0 Å². The van der Waals surface area contributed by atoms with E-state index in [1.165, 1.54) is 10.9 Å². The molecule has 5 rings (SSSR count). The summed E-state index contributed by atoms with van der Waals surface area (Å²) in [5.74, 6) is 0.261. The molecule has 174 valence electrons. The molecule has 0 spiro atoms. The minimum atomic E-state index is -4.52. The van der Waals surface area contributed by atoms with Crippen molar-refractivity contribution in [3.63, 3.8) is 0 Å². The van der Waals surface area contributed by atoms with Crippen LogP contribution in [0.15, 0.2) is 42.6 Å². The summed E-state index contributed by atoms with van der Waals surface area (Å²) in [6.45, 7) is 4.20. The number of pyridine rings is 2. The van der Waals surface area contributed by atoms with Gasteiger partial charge in [0.15, 0.2) is 11.4 Å². The number of rotatable bonds is 2. The van der Waals surface area contributed by atoms with Gasteiger partial charge in [-0.3, -0.25) is 9.48 Å². The van der Waals surface area contributed by atoms with Gasteiger partial charge in [0.1, 0.15) is 12.3 Å². The van der Waals surface area contributed by atoms with Crippen LogP contribution in [-0.2, 0) is 13.2 Å². The number of carbonyl (C=O) groups excluding carboxylic acids is 1. The first kappa shape index (κ1) is 21.9. The molecule has 1 aliphatic heterocycles. The van der Waals surface area contributed by atoms with Crippen molar-refractivity contribution in [2.45, 2.75) is 20.0 Å². The molecule has 0 N–H and O–H groups in total. The second-order valence-corrected chi connectivity index (χ2v) is 8.17. The number of aromatic nitrogens is 4. The molecule has 4 heterocycles. The fourth-order valence-corrected chi connectivity index (χ4v) is 4.16. The third-order valence-electron chi connectivity index (χ3n) is 5.84. The van der Waals surface area contributed by atoms with Gasteiger partial charge in [-0.15, -0.1) is 0 Å². The topological polar surface area (TPSA) is 73.1 Å². The number of anilines is 1. The Balaban J connectivity index is 1.51. The van der Waals surface area contributed by atoms with E-state index in [4.69, 9.17) is 4.74 Å². The number of hydrogen-bond acceptors (Lipinski definition) is 5. The molecule has 0 atom stereocenters. The highest BCUT2D eigenvalue weighted by atomic mass is 19.4. The van der Waals surface area contributed by atoms with E-state index in [-0.39, 0.29) is 11.4 Å². The van der Waals surface area contributed by atoms with Crippen molar-refractivity contribution in [2.24, 2.45) is 7.05 Å². The maximum Gasteiger partial charge on any atom is 0.433 e. The Morgan fingerprint density at radius 2 is 1.82 bits per heavy atom. The monoisotopic (exact) mass is 467 g/mol. The van der Waals surface area contributed by atoms with E-state index < -0.39 is 11.9 Å². The Kier molecular flexibility index (Phi) is 5.03. The molecule has 1 aromatic carbocycles. The number of nitrogens with zero attached hydrogens (tertiary/aromatic N) is 5. The largest absolute Gasteiger partial charge is 0.488 e.